The molecule has 1 heterocycles. The standard InChI is InChI=1S/C12H21NO3/c13-11-4-2-1-3-10(11)12(14)16-9-5-7-15-8-6-9/h9-11H,1-8,13H2. The summed E-state index contributed by atoms with van der Waals surface area (Å²) in [5, 5.41) is 0. The van der Waals surface area contributed by atoms with Gasteiger partial charge in [-0.05, 0) is 12.8 Å². The molecular formula is C12H21NO3. The Balaban J connectivity index is 1.81. The summed E-state index contributed by atoms with van der Waals surface area (Å²) in [6, 6.07) is 0.00101. The van der Waals surface area contributed by atoms with Gasteiger partial charge in [-0.15, -0.1) is 0 Å². The quantitative estimate of drug-likeness (QED) is 0.721. The van der Waals surface area contributed by atoms with Crippen LogP contribution in [0.15, 0.2) is 0 Å². The smallest absolute Gasteiger partial charge is 0.310 e. The van der Waals surface area contributed by atoms with Crippen LogP contribution in [0.3, 0.4) is 0 Å². The average Bonchev–Trinajstić information content (AvgIpc) is 2.31. The molecule has 2 rings (SSSR count). The van der Waals surface area contributed by atoms with Crippen molar-refractivity contribution >= 4 is 5.97 Å². The molecule has 0 aromatic heterocycles. The van der Waals surface area contributed by atoms with Crippen LogP contribution in [0, 0.1) is 5.92 Å². The van der Waals surface area contributed by atoms with Gasteiger partial charge in [-0.2, -0.15) is 0 Å². The molecule has 92 valence electrons. The van der Waals surface area contributed by atoms with Gasteiger partial charge >= 0.3 is 5.97 Å². The first kappa shape index (κ1) is 11.9. The van der Waals surface area contributed by atoms with E-state index in [-0.39, 0.29) is 24.0 Å². The highest BCUT2D eigenvalue weighted by Gasteiger charge is 2.31. The van der Waals surface area contributed by atoms with Crippen LogP contribution in [0.25, 0.3) is 0 Å². The van der Waals surface area contributed by atoms with Crippen molar-refractivity contribution in [3.05, 3.63) is 0 Å². The summed E-state index contributed by atoms with van der Waals surface area (Å²) in [4.78, 5) is 11.9. The fourth-order valence-electron chi connectivity index (χ4n) is 2.50. The second-order valence-electron chi connectivity index (χ2n) is 4.80. The first-order chi connectivity index (χ1) is 7.77. The van der Waals surface area contributed by atoms with E-state index in [9.17, 15) is 4.79 Å². The highest BCUT2D eigenvalue weighted by atomic mass is 16.6. The molecule has 2 unspecified atom stereocenters. The van der Waals surface area contributed by atoms with Gasteiger partial charge in [-0.25, -0.2) is 0 Å². The second kappa shape index (κ2) is 5.64. The summed E-state index contributed by atoms with van der Waals surface area (Å²) < 4.78 is 10.7. The Morgan fingerprint density at radius 2 is 1.81 bits per heavy atom. The van der Waals surface area contributed by atoms with E-state index in [2.05, 4.69) is 0 Å². The lowest BCUT2D eigenvalue weighted by molar-refractivity contribution is -0.159. The molecule has 1 saturated heterocycles. The van der Waals surface area contributed by atoms with E-state index in [1.807, 2.05) is 0 Å². The molecule has 1 aliphatic carbocycles. The van der Waals surface area contributed by atoms with Gasteiger partial charge in [-0.3, -0.25) is 4.79 Å². The lowest BCUT2D eigenvalue weighted by Gasteiger charge is -2.29. The molecule has 0 radical (unpaired) electrons. The number of esters is 1. The second-order valence-corrected chi connectivity index (χ2v) is 4.80. The largest absolute Gasteiger partial charge is 0.462 e. The summed E-state index contributed by atoms with van der Waals surface area (Å²) in [6.45, 7) is 1.41. The Morgan fingerprint density at radius 1 is 1.12 bits per heavy atom. The van der Waals surface area contributed by atoms with E-state index in [1.54, 1.807) is 0 Å². The number of carbonyl (C=O) groups is 1. The first-order valence-corrected chi connectivity index (χ1v) is 6.31. The molecule has 16 heavy (non-hydrogen) atoms. The van der Waals surface area contributed by atoms with Gasteiger partial charge < -0.3 is 15.2 Å². The number of rotatable bonds is 2. The fraction of sp³-hybridized carbons (Fsp3) is 0.917. The van der Waals surface area contributed by atoms with Crippen molar-refractivity contribution in [2.45, 2.75) is 50.7 Å². The van der Waals surface area contributed by atoms with Gasteiger partial charge in [0.25, 0.3) is 0 Å². The zero-order chi connectivity index (χ0) is 11.4. The molecule has 4 nitrogen and oxygen atoms in total. The average molecular weight is 227 g/mol. The molecular weight excluding hydrogens is 206 g/mol. The van der Waals surface area contributed by atoms with Gasteiger partial charge in [0, 0.05) is 18.9 Å². The molecule has 0 bridgehead atoms. The minimum absolute atomic E-state index is 0.00101. The van der Waals surface area contributed by atoms with Crippen molar-refractivity contribution in [3.63, 3.8) is 0 Å². The first-order valence-electron chi connectivity index (χ1n) is 6.31. The monoisotopic (exact) mass is 227 g/mol. The van der Waals surface area contributed by atoms with Crippen LogP contribution in [0.4, 0.5) is 0 Å². The molecule has 2 fully saturated rings. The molecule has 1 aliphatic heterocycles. The maximum atomic E-state index is 11.9. The molecule has 0 amide bonds. The van der Waals surface area contributed by atoms with Crippen molar-refractivity contribution < 1.29 is 14.3 Å². The third-order valence-electron chi connectivity index (χ3n) is 3.57. The maximum Gasteiger partial charge on any atom is 0.310 e. The van der Waals surface area contributed by atoms with Crippen molar-refractivity contribution in [3.8, 4) is 0 Å². The summed E-state index contributed by atoms with van der Waals surface area (Å²) >= 11 is 0. The third-order valence-corrected chi connectivity index (χ3v) is 3.57. The van der Waals surface area contributed by atoms with Gasteiger partial charge in [0.1, 0.15) is 6.10 Å². The molecule has 2 N–H and O–H groups in total. The van der Waals surface area contributed by atoms with Crippen LogP contribution < -0.4 is 5.73 Å². The van der Waals surface area contributed by atoms with Crippen molar-refractivity contribution in [2.24, 2.45) is 11.7 Å². The molecule has 2 aliphatic rings. The van der Waals surface area contributed by atoms with Crippen LogP contribution in [-0.2, 0) is 14.3 Å². The number of hydrogen-bond donors (Lipinski definition) is 1. The van der Waals surface area contributed by atoms with Crippen molar-refractivity contribution in [1.29, 1.82) is 0 Å². The minimum Gasteiger partial charge on any atom is -0.462 e. The van der Waals surface area contributed by atoms with E-state index in [0.29, 0.717) is 13.2 Å². The number of carbonyl (C=O) groups excluding carboxylic acids is 1. The zero-order valence-electron chi connectivity index (χ0n) is 9.69. The lowest BCUT2D eigenvalue weighted by Crippen LogP contribution is -2.40. The predicted molar refractivity (Wildman–Crippen MR) is 59.9 cm³/mol. The van der Waals surface area contributed by atoms with Crippen LogP contribution in [-0.4, -0.2) is 31.3 Å². The fourth-order valence-corrected chi connectivity index (χ4v) is 2.50. The van der Waals surface area contributed by atoms with Crippen LogP contribution >= 0.6 is 0 Å². The van der Waals surface area contributed by atoms with Gasteiger partial charge in [0.15, 0.2) is 0 Å². The third kappa shape index (κ3) is 2.95. The van der Waals surface area contributed by atoms with Gasteiger partial charge in [0.05, 0.1) is 19.1 Å². The Labute approximate surface area is 96.5 Å². The maximum absolute atomic E-state index is 11.9. The van der Waals surface area contributed by atoms with E-state index in [0.717, 1.165) is 38.5 Å². The molecule has 0 spiro atoms. The van der Waals surface area contributed by atoms with Gasteiger partial charge in [0.2, 0.25) is 0 Å². The Hall–Kier alpha value is -0.610. The summed E-state index contributed by atoms with van der Waals surface area (Å²) in [7, 11) is 0. The summed E-state index contributed by atoms with van der Waals surface area (Å²) in [5.74, 6) is -0.157. The molecule has 1 saturated carbocycles. The highest BCUT2D eigenvalue weighted by molar-refractivity contribution is 5.73. The zero-order valence-corrected chi connectivity index (χ0v) is 9.69. The Bertz CT molecular complexity index is 238. The lowest BCUT2D eigenvalue weighted by atomic mass is 9.85. The van der Waals surface area contributed by atoms with Crippen LogP contribution in [0.5, 0.6) is 0 Å². The van der Waals surface area contributed by atoms with Crippen LogP contribution in [0.1, 0.15) is 38.5 Å². The minimum atomic E-state index is -0.0842. The number of ether oxygens (including phenoxy) is 2. The number of nitrogens with two attached hydrogens (primary N) is 1. The van der Waals surface area contributed by atoms with Crippen LogP contribution in [0.2, 0.25) is 0 Å². The Kier molecular flexibility index (Phi) is 4.18. The molecule has 0 aromatic carbocycles. The summed E-state index contributed by atoms with van der Waals surface area (Å²) in [6.07, 6.45) is 5.79. The van der Waals surface area contributed by atoms with E-state index >= 15 is 0 Å². The SMILES string of the molecule is NC1CCCCC1C(=O)OC1CCOCC1. The molecule has 4 heteroatoms. The highest BCUT2D eigenvalue weighted by Crippen LogP contribution is 2.25. The Morgan fingerprint density at radius 3 is 2.50 bits per heavy atom. The van der Waals surface area contributed by atoms with Crippen molar-refractivity contribution in [1.82, 2.24) is 0 Å². The van der Waals surface area contributed by atoms with Crippen molar-refractivity contribution in [2.75, 3.05) is 13.2 Å². The predicted octanol–water partition coefficient (Wildman–Crippen LogP) is 1.23. The van der Waals surface area contributed by atoms with E-state index < -0.39 is 0 Å². The van der Waals surface area contributed by atoms with E-state index in [4.69, 9.17) is 15.2 Å². The topological polar surface area (TPSA) is 61.6 Å². The molecule has 2 atom stereocenters. The summed E-state index contributed by atoms with van der Waals surface area (Å²) in [5.41, 5.74) is 5.96. The van der Waals surface area contributed by atoms with Gasteiger partial charge in [-0.1, -0.05) is 12.8 Å². The molecule has 0 aromatic rings. The van der Waals surface area contributed by atoms with E-state index in [1.165, 1.54) is 0 Å². The number of hydrogen-bond acceptors (Lipinski definition) is 4. The normalized spacial score (nSPS) is 32.3.